The van der Waals surface area contributed by atoms with Gasteiger partial charge in [-0.1, -0.05) is 0 Å². The number of benzene rings is 4. The van der Waals surface area contributed by atoms with Gasteiger partial charge in [0.25, 0.3) is 0 Å². The monoisotopic (exact) mass is 332 g/mol. The van der Waals surface area contributed by atoms with Gasteiger partial charge in [0, 0.05) is 0 Å². The van der Waals surface area contributed by atoms with E-state index in [4.69, 9.17) is 0 Å². The van der Waals surface area contributed by atoms with E-state index >= 15 is 0 Å². The van der Waals surface area contributed by atoms with Crippen LogP contribution in [0.3, 0.4) is 0 Å². The van der Waals surface area contributed by atoms with Crippen LogP contribution in [0.1, 0.15) is 0 Å². The Morgan fingerprint density at radius 2 is 0.952 bits per heavy atom. The van der Waals surface area contributed by atoms with Crippen LogP contribution >= 0.6 is 0 Å². The molecule has 5 rings (SSSR count). The van der Waals surface area contributed by atoms with E-state index in [0.29, 0.717) is 14.5 Å². The van der Waals surface area contributed by atoms with E-state index in [9.17, 15) is 0 Å². The molecular weight excluding hydrogens is 319 g/mol. The Morgan fingerprint density at radius 1 is 0.476 bits per heavy atom. The van der Waals surface area contributed by atoms with Gasteiger partial charge >= 0.3 is 128 Å². The predicted octanol–water partition coefficient (Wildman–Crippen LogP) is 5.36. The molecule has 1 heterocycles. The second kappa shape index (κ2) is 4.21. The molecule has 0 fully saturated rings. The van der Waals surface area contributed by atoms with Gasteiger partial charge in [0.1, 0.15) is 0 Å². The van der Waals surface area contributed by atoms with Crippen molar-refractivity contribution in [1.82, 2.24) is 0 Å². The van der Waals surface area contributed by atoms with Crippen molar-refractivity contribution in [3.05, 3.63) is 72.8 Å². The molecule has 1 heteroatoms. The van der Waals surface area contributed by atoms with Crippen molar-refractivity contribution in [2.75, 3.05) is 0 Å². The summed E-state index contributed by atoms with van der Waals surface area (Å²) in [5, 5.41) is 8.42. The molecule has 0 amide bonds. The van der Waals surface area contributed by atoms with E-state index in [0.717, 1.165) is 0 Å². The van der Waals surface area contributed by atoms with E-state index in [1.165, 1.54) is 40.8 Å². The minimum atomic E-state index is 0.429. The minimum absolute atomic E-state index is 0.429. The van der Waals surface area contributed by atoms with Crippen molar-refractivity contribution in [3.8, 4) is 0 Å². The fraction of sp³-hybridized carbons (Fsp3) is 0. The van der Waals surface area contributed by atoms with Crippen LogP contribution in [0.15, 0.2) is 72.8 Å². The Balaban J connectivity index is 2.18. The van der Waals surface area contributed by atoms with E-state index in [-0.39, 0.29) is 0 Å². The summed E-state index contributed by atoms with van der Waals surface area (Å²) in [6, 6.07) is 26.7. The first-order valence-electron chi connectivity index (χ1n) is 7.13. The van der Waals surface area contributed by atoms with Gasteiger partial charge < -0.3 is 0 Å². The van der Waals surface area contributed by atoms with Crippen molar-refractivity contribution in [1.29, 1.82) is 0 Å². The maximum atomic E-state index is 2.33. The molecule has 1 aromatic heterocycles. The van der Waals surface area contributed by atoms with Crippen LogP contribution < -0.4 is 0 Å². The Hall–Kier alpha value is -2.08. The van der Waals surface area contributed by atoms with Crippen molar-refractivity contribution < 1.29 is 0 Å². The van der Waals surface area contributed by atoms with Crippen LogP contribution in [-0.4, -0.2) is 14.5 Å². The molecule has 0 N–H and O–H groups in total. The van der Waals surface area contributed by atoms with E-state index in [2.05, 4.69) is 72.8 Å². The summed E-state index contributed by atoms with van der Waals surface area (Å²) < 4.78 is 3.04. The molecular formula is C20H12Se. The first-order valence-corrected chi connectivity index (χ1v) is 8.85. The van der Waals surface area contributed by atoms with E-state index in [1.54, 1.807) is 0 Å². The molecule has 0 unspecified atom stereocenters. The summed E-state index contributed by atoms with van der Waals surface area (Å²) in [4.78, 5) is 0. The fourth-order valence-corrected chi connectivity index (χ4v) is 5.69. The van der Waals surface area contributed by atoms with Crippen molar-refractivity contribution in [2.45, 2.75) is 0 Å². The molecule has 0 atom stereocenters. The summed E-state index contributed by atoms with van der Waals surface area (Å²) in [6.07, 6.45) is 0. The van der Waals surface area contributed by atoms with Gasteiger partial charge in [-0.15, -0.1) is 0 Å². The van der Waals surface area contributed by atoms with E-state index in [1.807, 2.05) is 0 Å². The Labute approximate surface area is 128 Å². The van der Waals surface area contributed by atoms with Gasteiger partial charge in [0.2, 0.25) is 0 Å². The van der Waals surface area contributed by atoms with E-state index < -0.39 is 0 Å². The second-order valence-corrected chi connectivity index (χ2v) is 7.70. The molecule has 0 saturated heterocycles. The molecule has 0 bridgehead atoms. The van der Waals surface area contributed by atoms with Gasteiger partial charge in [0.15, 0.2) is 0 Å². The Bertz CT molecular complexity index is 1040. The molecule has 98 valence electrons. The molecule has 0 aliphatic heterocycles. The first-order chi connectivity index (χ1) is 10.4. The number of hydrogen-bond donors (Lipinski definition) is 0. The molecule has 0 aliphatic rings. The second-order valence-electron chi connectivity index (χ2n) is 5.42. The van der Waals surface area contributed by atoms with Gasteiger partial charge in [-0.3, -0.25) is 0 Å². The topological polar surface area (TPSA) is 0 Å². The molecule has 21 heavy (non-hydrogen) atoms. The van der Waals surface area contributed by atoms with Crippen molar-refractivity contribution in [2.24, 2.45) is 0 Å². The zero-order chi connectivity index (χ0) is 13.8. The fourth-order valence-electron chi connectivity index (χ4n) is 3.31. The summed E-state index contributed by atoms with van der Waals surface area (Å²) >= 11 is 0.429. The summed E-state index contributed by atoms with van der Waals surface area (Å²) in [5.74, 6) is 0. The first kappa shape index (κ1) is 11.6. The molecule has 4 aromatic carbocycles. The Morgan fingerprint density at radius 3 is 1.48 bits per heavy atom. The van der Waals surface area contributed by atoms with Gasteiger partial charge in [-0.25, -0.2) is 0 Å². The number of fused-ring (bicyclic) bond motifs is 7. The van der Waals surface area contributed by atoms with Crippen LogP contribution in [0.25, 0.3) is 40.8 Å². The summed E-state index contributed by atoms with van der Waals surface area (Å²) in [6.45, 7) is 0. The third kappa shape index (κ3) is 1.56. The number of rotatable bonds is 0. The van der Waals surface area contributed by atoms with Gasteiger partial charge in [-0.2, -0.15) is 0 Å². The quantitative estimate of drug-likeness (QED) is 0.335. The van der Waals surface area contributed by atoms with Crippen LogP contribution in [-0.2, 0) is 0 Å². The van der Waals surface area contributed by atoms with Gasteiger partial charge in [-0.05, 0) is 0 Å². The average Bonchev–Trinajstić information content (AvgIpc) is 2.94. The van der Waals surface area contributed by atoms with Crippen molar-refractivity contribution in [3.63, 3.8) is 0 Å². The normalized spacial score (nSPS) is 11.8. The number of hydrogen-bond acceptors (Lipinski definition) is 0. The van der Waals surface area contributed by atoms with Crippen LogP contribution in [0.5, 0.6) is 0 Å². The molecule has 5 aromatic rings. The zero-order valence-electron chi connectivity index (χ0n) is 11.3. The Kier molecular flexibility index (Phi) is 2.32. The molecule has 0 aliphatic carbocycles. The third-order valence-electron chi connectivity index (χ3n) is 4.25. The molecule has 0 radical (unpaired) electrons. The van der Waals surface area contributed by atoms with Gasteiger partial charge in [0.05, 0.1) is 0 Å². The standard InChI is InChI=1S/C20H12Se/c1-3-7-15-13(5-1)9-11-17-19(15)20-16-8-4-2-6-14(16)10-12-18(20)21-17/h1-12H. The zero-order valence-corrected chi connectivity index (χ0v) is 13.0. The third-order valence-corrected chi connectivity index (χ3v) is 6.60. The summed E-state index contributed by atoms with van der Waals surface area (Å²) in [7, 11) is 0. The van der Waals surface area contributed by atoms with Crippen LogP contribution in [0.4, 0.5) is 0 Å². The van der Waals surface area contributed by atoms with Crippen LogP contribution in [0.2, 0.25) is 0 Å². The predicted molar refractivity (Wildman–Crippen MR) is 93.4 cm³/mol. The SMILES string of the molecule is c1ccc2c(c1)ccc1[se]c3ccc4ccccc4c3c12. The maximum absolute atomic E-state index is 2.33. The molecule has 0 spiro atoms. The molecule has 0 nitrogen and oxygen atoms in total. The van der Waals surface area contributed by atoms with Crippen molar-refractivity contribution >= 4 is 55.3 Å². The summed E-state index contributed by atoms with van der Waals surface area (Å²) in [5.41, 5.74) is 0. The van der Waals surface area contributed by atoms with Crippen LogP contribution in [0, 0.1) is 0 Å². The average molecular weight is 331 g/mol. The molecule has 0 saturated carbocycles.